The molecule has 2 atom stereocenters. The number of phenols is 1. The first-order chi connectivity index (χ1) is 17.5. The van der Waals surface area contributed by atoms with Gasteiger partial charge in [-0.1, -0.05) is 12.1 Å². The Hall–Kier alpha value is -4.47. The van der Waals surface area contributed by atoms with Crippen LogP contribution in [-0.2, 0) is 16.0 Å². The van der Waals surface area contributed by atoms with Gasteiger partial charge < -0.3 is 19.7 Å². The number of nitrogens with zero attached hydrogens (tertiary/aromatic N) is 1. The van der Waals surface area contributed by atoms with Crippen molar-refractivity contribution in [1.29, 1.82) is 0 Å². The Morgan fingerprint density at radius 2 is 1.70 bits per heavy atom. The van der Waals surface area contributed by atoms with Gasteiger partial charge in [-0.2, -0.15) is 0 Å². The van der Waals surface area contributed by atoms with E-state index in [1.807, 2.05) is 6.92 Å². The van der Waals surface area contributed by atoms with Crippen LogP contribution < -0.4 is 14.4 Å². The van der Waals surface area contributed by atoms with Crippen molar-refractivity contribution < 1.29 is 42.4 Å². The molecule has 2 N–H and O–H groups in total. The second-order valence-corrected chi connectivity index (χ2v) is 8.76. The van der Waals surface area contributed by atoms with Crippen LogP contribution in [0.5, 0.6) is 17.2 Å². The number of hydrogen-bond donors (Lipinski definition) is 2. The summed E-state index contributed by atoms with van der Waals surface area (Å²) in [6, 6.07) is 14.0. The van der Waals surface area contributed by atoms with Gasteiger partial charge in [0.1, 0.15) is 29.1 Å². The van der Waals surface area contributed by atoms with E-state index < -0.39 is 35.6 Å². The molecule has 7 nitrogen and oxygen atoms in total. The maximum absolute atomic E-state index is 13.2. The van der Waals surface area contributed by atoms with Crippen molar-refractivity contribution in [3.63, 3.8) is 0 Å². The third-order valence-corrected chi connectivity index (χ3v) is 6.17. The standard InChI is InChI=1S/C27H20F3NO6/c1-14-12-17-13-16(4-11-21(17)36-14)24(33)22-23(15-2-7-19(32)8-3-15)31(26(35)25(22)34)18-5-9-20(10-6-18)37-27(28,29)30/h2-11,13-14,23,32-33H,12H2,1H3/b24-22-. The van der Waals surface area contributed by atoms with Gasteiger partial charge in [0.25, 0.3) is 11.7 Å². The lowest BCUT2D eigenvalue weighted by molar-refractivity contribution is -0.274. The van der Waals surface area contributed by atoms with E-state index in [0.717, 1.165) is 22.6 Å². The highest BCUT2D eigenvalue weighted by atomic mass is 19.4. The number of hydrogen-bond acceptors (Lipinski definition) is 6. The molecule has 37 heavy (non-hydrogen) atoms. The number of benzene rings is 3. The number of amides is 1. The number of aliphatic hydroxyl groups excluding tert-OH is 1. The van der Waals surface area contributed by atoms with Crippen LogP contribution in [0.1, 0.15) is 29.7 Å². The first-order valence-electron chi connectivity index (χ1n) is 11.3. The average Bonchev–Trinajstić information content (AvgIpc) is 3.34. The molecule has 0 radical (unpaired) electrons. The molecule has 0 bridgehead atoms. The summed E-state index contributed by atoms with van der Waals surface area (Å²) in [7, 11) is 0. The van der Waals surface area contributed by atoms with Crippen molar-refractivity contribution in [3.8, 4) is 17.2 Å². The minimum absolute atomic E-state index is 0.0423. The van der Waals surface area contributed by atoms with E-state index in [-0.39, 0.29) is 23.1 Å². The van der Waals surface area contributed by atoms with Gasteiger partial charge in [0.15, 0.2) is 0 Å². The lowest BCUT2D eigenvalue weighted by Crippen LogP contribution is -2.29. The quantitative estimate of drug-likeness (QED) is 0.283. The molecule has 190 valence electrons. The molecule has 3 aromatic carbocycles. The van der Waals surface area contributed by atoms with Gasteiger partial charge in [0, 0.05) is 17.7 Å². The Kier molecular flexibility index (Phi) is 5.82. The molecule has 1 saturated heterocycles. The highest BCUT2D eigenvalue weighted by Crippen LogP contribution is 2.43. The molecule has 2 unspecified atom stereocenters. The second kappa shape index (κ2) is 8.88. The number of alkyl halides is 3. The number of carbonyl (C=O) groups is 2. The third-order valence-electron chi connectivity index (χ3n) is 6.17. The van der Waals surface area contributed by atoms with Gasteiger partial charge in [-0.3, -0.25) is 14.5 Å². The molecule has 1 amide bonds. The van der Waals surface area contributed by atoms with Gasteiger partial charge in [-0.05, 0) is 72.6 Å². The fraction of sp³-hybridized carbons (Fsp3) is 0.185. The van der Waals surface area contributed by atoms with Crippen LogP contribution in [0.15, 0.2) is 72.3 Å². The predicted molar refractivity (Wildman–Crippen MR) is 126 cm³/mol. The highest BCUT2D eigenvalue weighted by molar-refractivity contribution is 6.51. The topological polar surface area (TPSA) is 96.3 Å². The summed E-state index contributed by atoms with van der Waals surface area (Å²) in [4.78, 5) is 27.5. The zero-order valence-corrected chi connectivity index (χ0v) is 19.3. The van der Waals surface area contributed by atoms with Crippen molar-refractivity contribution in [2.75, 3.05) is 4.90 Å². The number of aromatic hydroxyl groups is 1. The lowest BCUT2D eigenvalue weighted by Gasteiger charge is -2.25. The molecule has 3 aromatic rings. The maximum atomic E-state index is 13.2. The summed E-state index contributed by atoms with van der Waals surface area (Å²) in [5.41, 5.74) is 1.47. The van der Waals surface area contributed by atoms with Crippen LogP contribution in [0, 0.1) is 0 Å². The fourth-order valence-corrected chi connectivity index (χ4v) is 4.60. The molecule has 1 fully saturated rings. The SMILES string of the molecule is CC1Cc2cc(/C(O)=C3/C(=O)C(=O)N(c4ccc(OC(F)(F)F)cc4)C3c3ccc(O)cc3)ccc2O1. The Morgan fingerprint density at radius 3 is 2.35 bits per heavy atom. The minimum atomic E-state index is -4.89. The minimum Gasteiger partial charge on any atom is -0.508 e. The van der Waals surface area contributed by atoms with Gasteiger partial charge >= 0.3 is 6.36 Å². The molecule has 2 aliphatic heterocycles. The number of carbonyl (C=O) groups excluding carboxylic acids is 2. The largest absolute Gasteiger partial charge is 0.573 e. The summed E-state index contributed by atoms with van der Waals surface area (Å²) in [6.07, 6.45) is -4.33. The highest BCUT2D eigenvalue weighted by Gasteiger charge is 2.47. The van der Waals surface area contributed by atoms with Crippen LogP contribution >= 0.6 is 0 Å². The van der Waals surface area contributed by atoms with Gasteiger partial charge in [0.05, 0.1) is 11.6 Å². The number of ether oxygens (including phenoxy) is 2. The van der Waals surface area contributed by atoms with Crippen LogP contribution in [-0.4, -0.2) is 34.4 Å². The molecule has 0 aromatic heterocycles. The maximum Gasteiger partial charge on any atom is 0.573 e. The predicted octanol–water partition coefficient (Wildman–Crippen LogP) is 5.24. The van der Waals surface area contributed by atoms with Crippen LogP contribution in [0.2, 0.25) is 0 Å². The van der Waals surface area contributed by atoms with E-state index in [0.29, 0.717) is 23.3 Å². The van der Waals surface area contributed by atoms with Crippen LogP contribution in [0.25, 0.3) is 5.76 Å². The second-order valence-electron chi connectivity index (χ2n) is 8.76. The number of anilines is 1. The Balaban J connectivity index is 1.62. The van der Waals surface area contributed by atoms with E-state index in [4.69, 9.17) is 4.74 Å². The van der Waals surface area contributed by atoms with Crippen molar-refractivity contribution in [1.82, 2.24) is 0 Å². The lowest BCUT2D eigenvalue weighted by atomic mass is 9.94. The molecule has 0 spiro atoms. The van der Waals surface area contributed by atoms with E-state index in [9.17, 15) is 33.0 Å². The average molecular weight is 511 g/mol. The van der Waals surface area contributed by atoms with Crippen LogP contribution in [0.3, 0.4) is 0 Å². The van der Waals surface area contributed by atoms with Crippen molar-refractivity contribution in [3.05, 3.63) is 89.0 Å². The summed E-state index contributed by atoms with van der Waals surface area (Å²) in [5, 5.41) is 21.0. The summed E-state index contributed by atoms with van der Waals surface area (Å²) in [6.45, 7) is 1.90. The zero-order chi connectivity index (χ0) is 26.5. The first-order valence-corrected chi connectivity index (χ1v) is 11.3. The van der Waals surface area contributed by atoms with E-state index in [1.54, 1.807) is 18.2 Å². The smallest absolute Gasteiger partial charge is 0.508 e. The number of rotatable bonds is 4. The summed E-state index contributed by atoms with van der Waals surface area (Å²) >= 11 is 0. The number of Topliss-reactive ketones (excluding diaryl/α,β-unsaturated/α-hetero) is 1. The number of halogens is 3. The normalized spacial score (nSPS) is 20.6. The van der Waals surface area contributed by atoms with E-state index >= 15 is 0 Å². The fourth-order valence-electron chi connectivity index (χ4n) is 4.60. The van der Waals surface area contributed by atoms with Crippen LogP contribution in [0.4, 0.5) is 18.9 Å². The Bertz CT molecular complexity index is 1410. The molecule has 2 heterocycles. The molecule has 0 saturated carbocycles. The number of phenolic OH excluding ortho intramolecular Hbond substituents is 1. The summed E-state index contributed by atoms with van der Waals surface area (Å²) < 4.78 is 47.3. The van der Waals surface area contributed by atoms with Crippen molar-refractivity contribution >= 4 is 23.1 Å². The molecule has 5 rings (SSSR count). The summed E-state index contributed by atoms with van der Waals surface area (Å²) in [5.74, 6) is -2.22. The van der Waals surface area contributed by atoms with Gasteiger partial charge in [-0.25, -0.2) is 0 Å². The number of ketones is 1. The monoisotopic (exact) mass is 511 g/mol. The van der Waals surface area contributed by atoms with Crippen molar-refractivity contribution in [2.45, 2.75) is 31.9 Å². The molecule has 2 aliphatic rings. The van der Waals surface area contributed by atoms with Gasteiger partial charge in [-0.15, -0.1) is 13.2 Å². The number of fused-ring (bicyclic) bond motifs is 1. The van der Waals surface area contributed by atoms with E-state index in [1.165, 1.54) is 36.4 Å². The third kappa shape index (κ3) is 4.57. The number of aliphatic hydroxyl groups is 1. The molecule has 0 aliphatic carbocycles. The molecule has 10 heteroatoms. The van der Waals surface area contributed by atoms with E-state index in [2.05, 4.69) is 4.74 Å². The zero-order valence-electron chi connectivity index (χ0n) is 19.3. The Labute approximate surface area is 209 Å². The first kappa shape index (κ1) is 24.2. The van der Waals surface area contributed by atoms with Gasteiger partial charge in [0.2, 0.25) is 0 Å². The van der Waals surface area contributed by atoms with Crippen molar-refractivity contribution in [2.24, 2.45) is 0 Å². The molecular weight excluding hydrogens is 491 g/mol. The molecular formula is C27H20F3NO6. The Morgan fingerprint density at radius 1 is 1.03 bits per heavy atom.